The van der Waals surface area contributed by atoms with E-state index >= 15 is 0 Å². The molecule has 1 atom stereocenters. The first-order chi connectivity index (χ1) is 13.7. The van der Waals surface area contributed by atoms with E-state index in [-0.39, 0.29) is 11.8 Å². The van der Waals surface area contributed by atoms with Crippen LogP contribution >= 0.6 is 11.3 Å². The van der Waals surface area contributed by atoms with Crippen LogP contribution < -0.4 is 5.32 Å². The summed E-state index contributed by atoms with van der Waals surface area (Å²) in [6.45, 7) is 3.32. The van der Waals surface area contributed by atoms with Crippen molar-refractivity contribution in [3.8, 4) is 0 Å². The van der Waals surface area contributed by atoms with Crippen molar-refractivity contribution in [1.82, 2.24) is 19.9 Å². The third kappa shape index (κ3) is 4.28. The molecular weight excluding hydrogens is 374 g/mol. The van der Waals surface area contributed by atoms with E-state index in [1.54, 1.807) is 36.9 Å². The van der Waals surface area contributed by atoms with Gasteiger partial charge in [-0.1, -0.05) is 0 Å². The zero-order valence-corrected chi connectivity index (χ0v) is 16.4. The van der Waals surface area contributed by atoms with Crippen LogP contribution in [0.25, 0.3) is 6.08 Å². The fraction of sp³-hybridized carbons (Fsp3) is 0.300. The zero-order valence-electron chi connectivity index (χ0n) is 15.5. The quantitative estimate of drug-likeness (QED) is 0.658. The van der Waals surface area contributed by atoms with Gasteiger partial charge in [0.2, 0.25) is 5.91 Å². The monoisotopic (exact) mass is 395 g/mol. The molecule has 8 heteroatoms. The molecule has 0 spiro atoms. The summed E-state index contributed by atoms with van der Waals surface area (Å²) >= 11 is 1.54. The second-order valence-corrected chi connectivity index (χ2v) is 7.54. The number of thiazole rings is 1. The highest BCUT2D eigenvalue weighted by Crippen LogP contribution is 2.31. The predicted molar refractivity (Wildman–Crippen MR) is 108 cm³/mol. The highest BCUT2D eigenvalue weighted by Gasteiger charge is 2.27. The number of carbonyl (C=O) groups is 1. The summed E-state index contributed by atoms with van der Waals surface area (Å²) in [6, 6.07) is 3.62. The first-order valence-corrected chi connectivity index (χ1v) is 10.1. The summed E-state index contributed by atoms with van der Waals surface area (Å²) in [5, 5.41) is 6.07. The molecular formula is C20H21N5O2S. The summed E-state index contributed by atoms with van der Waals surface area (Å²) in [4.78, 5) is 27.9. The zero-order chi connectivity index (χ0) is 19.3. The lowest BCUT2D eigenvalue weighted by atomic mass is 9.94. The van der Waals surface area contributed by atoms with Crippen molar-refractivity contribution >= 4 is 34.3 Å². The van der Waals surface area contributed by atoms with Crippen LogP contribution in [0.2, 0.25) is 0 Å². The van der Waals surface area contributed by atoms with E-state index in [1.165, 1.54) is 11.3 Å². The van der Waals surface area contributed by atoms with Gasteiger partial charge in [0.25, 0.3) is 0 Å². The van der Waals surface area contributed by atoms with Crippen LogP contribution in [-0.4, -0.2) is 38.8 Å². The van der Waals surface area contributed by atoms with Gasteiger partial charge in [0.05, 0.1) is 17.7 Å². The number of nitrogens with one attached hydrogen (secondary N) is 1. The number of carbonyl (C=O) groups excluding carboxylic acids is 1. The second kappa shape index (κ2) is 8.35. The SMILES string of the molecule is Cc1csc(Nc2nccnc2[C@@H]2CCCN(C(=O)/C=C/c3ccco3)C2)n1. The summed E-state index contributed by atoms with van der Waals surface area (Å²) in [5.74, 6) is 1.49. The van der Waals surface area contributed by atoms with Crippen LogP contribution in [0.4, 0.5) is 10.9 Å². The molecule has 7 nitrogen and oxygen atoms in total. The van der Waals surface area contributed by atoms with E-state index in [1.807, 2.05) is 23.3 Å². The number of likely N-dealkylation sites (tertiary alicyclic amines) is 1. The molecule has 0 aliphatic carbocycles. The van der Waals surface area contributed by atoms with E-state index in [0.717, 1.165) is 35.9 Å². The lowest BCUT2D eigenvalue weighted by Gasteiger charge is -2.32. The Morgan fingerprint density at radius 3 is 3.07 bits per heavy atom. The molecule has 1 N–H and O–H groups in total. The molecule has 3 aromatic heterocycles. The number of aryl methyl sites for hydroxylation is 1. The number of piperidine rings is 1. The van der Waals surface area contributed by atoms with Crippen molar-refractivity contribution in [3.63, 3.8) is 0 Å². The molecule has 0 unspecified atom stereocenters. The van der Waals surface area contributed by atoms with Crippen molar-refractivity contribution in [2.24, 2.45) is 0 Å². The van der Waals surface area contributed by atoms with Gasteiger partial charge in [0.15, 0.2) is 10.9 Å². The molecule has 144 valence electrons. The van der Waals surface area contributed by atoms with Crippen molar-refractivity contribution in [3.05, 3.63) is 59.4 Å². The molecule has 1 saturated heterocycles. The summed E-state index contributed by atoms with van der Waals surface area (Å²) in [7, 11) is 0. The molecule has 4 rings (SSSR count). The highest BCUT2D eigenvalue weighted by atomic mass is 32.1. The number of hydrogen-bond donors (Lipinski definition) is 1. The molecule has 1 fully saturated rings. The number of aromatic nitrogens is 3. The minimum atomic E-state index is -0.0185. The second-order valence-electron chi connectivity index (χ2n) is 6.68. The van der Waals surface area contributed by atoms with Gasteiger partial charge in [-0.3, -0.25) is 9.78 Å². The van der Waals surface area contributed by atoms with Crippen LogP contribution in [0.5, 0.6) is 0 Å². The predicted octanol–water partition coefficient (Wildman–Crippen LogP) is 4.00. The Morgan fingerprint density at radius 1 is 1.39 bits per heavy atom. The third-order valence-corrected chi connectivity index (χ3v) is 5.50. The minimum Gasteiger partial charge on any atom is -0.465 e. The maximum absolute atomic E-state index is 12.6. The van der Waals surface area contributed by atoms with Crippen molar-refractivity contribution < 1.29 is 9.21 Å². The topological polar surface area (TPSA) is 84.2 Å². The molecule has 1 aliphatic rings. The number of hydrogen-bond acceptors (Lipinski definition) is 7. The van der Waals surface area contributed by atoms with Gasteiger partial charge >= 0.3 is 0 Å². The first kappa shape index (κ1) is 18.4. The number of amides is 1. The van der Waals surface area contributed by atoms with E-state index in [9.17, 15) is 4.79 Å². The molecule has 28 heavy (non-hydrogen) atoms. The summed E-state index contributed by atoms with van der Waals surface area (Å²) < 4.78 is 5.25. The van der Waals surface area contributed by atoms with Crippen LogP contribution in [0.3, 0.4) is 0 Å². The molecule has 0 radical (unpaired) electrons. The Hall–Kier alpha value is -3.00. The normalized spacial score (nSPS) is 17.2. The average molecular weight is 395 g/mol. The van der Waals surface area contributed by atoms with Crippen LogP contribution in [0, 0.1) is 6.92 Å². The number of furan rings is 1. The Bertz CT molecular complexity index is 967. The molecule has 0 bridgehead atoms. The molecule has 4 heterocycles. The van der Waals surface area contributed by atoms with Gasteiger partial charge in [0, 0.05) is 42.9 Å². The average Bonchev–Trinajstić information content (AvgIpc) is 3.38. The van der Waals surface area contributed by atoms with Gasteiger partial charge in [-0.05, 0) is 38.0 Å². The maximum Gasteiger partial charge on any atom is 0.246 e. The van der Waals surface area contributed by atoms with E-state index < -0.39 is 0 Å². The van der Waals surface area contributed by atoms with Gasteiger partial charge in [-0.25, -0.2) is 9.97 Å². The highest BCUT2D eigenvalue weighted by molar-refractivity contribution is 7.13. The standard InChI is InChI=1S/C20H21N5O2S/c1-14-13-28-20(23-14)24-19-18(21-8-9-22-19)15-4-2-10-25(12-15)17(26)7-6-16-5-3-11-27-16/h3,5-9,11,13,15H,2,4,10,12H2,1H3,(H,22,23,24)/b7-6+/t15-/m1/s1. The summed E-state index contributed by atoms with van der Waals surface area (Å²) in [5.41, 5.74) is 1.85. The van der Waals surface area contributed by atoms with E-state index in [2.05, 4.69) is 20.3 Å². The van der Waals surface area contributed by atoms with E-state index in [4.69, 9.17) is 4.42 Å². The van der Waals surface area contributed by atoms with Crippen LogP contribution in [-0.2, 0) is 4.79 Å². The molecule has 1 amide bonds. The third-order valence-electron chi connectivity index (χ3n) is 4.62. The Balaban J connectivity index is 1.48. The van der Waals surface area contributed by atoms with Gasteiger partial charge in [-0.15, -0.1) is 11.3 Å². The number of rotatable bonds is 5. The molecule has 1 aliphatic heterocycles. The van der Waals surface area contributed by atoms with Crippen molar-refractivity contribution in [2.45, 2.75) is 25.7 Å². The van der Waals surface area contributed by atoms with E-state index in [0.29, 0.717) is 18.1 Å². The Labute approximate surface area is 167 Å². The van der Waals surface area contributed by atoms with Crippen molar-refractivity contribution in [1.29, 1.82) is 0 Å². The lowest BCUT2D eigenvalue weighted by molar-refractivity contribution is -0.127. The lowest BCUT2D eigenvalue weighted by Crippen LogP contribution is -2.38. The largest absolute Gasteiger partial charge is 0.465 e. The van der Waals surface area contributed by atoms with Gasteiger partial charge < -0.3 is 14.6 Å². The smallest absolute Gasteiger partial charge is 0.246 e. The minimum absolute atomic E-state index is 0.0185. The Morgan fingerprint density at radius 2 is 2.29 bits per heavy atom. The van der Waals surface area contributed by atoms with Crippen LogP contribution in [0.15, 0.2) is 46.7 Å². The van der Waals surface area contributed by atoms with Gasteiger partial charge in [-0.2, -0.15) is 0 Å². The van der Waals surface area contributed by atoms with Gasteiger partial charge in [0.1, 0.15) is 5.76 Å². The first-order valence-electron chi connectivity index (χ1n) is 9.19. The van der Waals surface area contributed by atoms with Crippen LogP contribution in [0.1, 0.15) is 35.9 Å². The molecule has 3 aromatic rings. The number of nitrogens with zero attached hydrogens (tertiary/aromatic N) is 4. The fourth-order valence-electron chi connectivity index (χ4n) is 3.30. The molecule has 0 saturated carbocycles. The fourth-order valence-corrected chi connectivity index (χ4v) is 3.99. The molecule has 0 aromatic carbocycles. The van der Waals surface area contributed by atoms with Crippen molar-refractivity contribution in [2.75, 3.05) is 18.4 Å². The summed E-state index contributed by atoms with van der Waals surface area (Å²) in [6.07, 6.45) is 10.1. The maximum atomic E-state index is 12.6. The Kier molecular flexibility index (Phi) is 5.48. The number of anilines is 2.